The molecule has 134 valence electrons. The summed E-state index contributed by atoms with van der Waals surface area (Å²) in [6.45, 7) is 1.38. The maximum absolute atomic E-state index is 12.3. The summed E-state index contributed by atoms with van der Waals surface area (Å²) in [5, 5.41) is 6.67. The van der Waals surface area contributed by atoms with Crippen LogP contribution in [0, 0.1) is 0 Å². The maximum Gasteiger partial charge on any atom is 0.359 e. The van der Waals surface area contributed by atoms with Crippen LogP contribution >= 0.6 is 22.9 Å². The third-order valence-electron chi connectivity index (χ3n) is 3.99. The fourth-order valence-electron chi connectivity index (χ4n) is 2.72. The number of hydrogen-bond acceptors (Lipinski definition) is 6. The number of ether oxygens (including phenoxy) is 1. The first-order valence-corrected chi connectivity index (χ1v) is 9.15. The van der Waals surface area contributed by atoms with E-state index >= 15 is 0 Å². The summed E-state index contributed by atoms with van der Waals surface area (Å²) in [5.74, 6) is -1.49. The number of esters is 1. The van der Waals surface area contributed by atoms with Gasteiger partial charge in [-0.2, -0.15) is 0 Å². The second-order valence-corrected chi connectivity index (χ2v) is 7.03. The zero-order valence-corrected chi connectivity index (χ0v) is 15.0. The molecule has 1 atom stereocenters. The number of imidazole rings is 1. The van der Waals surface area contributed by atoms with Gasteiger partial charge in [0.25, 0.3) is 5.91 Å². The molecule has 1 saturated carbocycles. The highest BCUT2D eigenvalue weighted by atomic mass is 35.5. The fourth-order valence-corrected chi connectivity index (χ4v) is 3.73. The van der Waals surface area contributed by atoms with Crippen molar-refractivity contribution in [1.29, 1.82) is 0 Å². The monoisotopic (exact) mass is 384 g/mol. The van der Waals surface area contributed by atoms with Gasteiger partial charge in [0.2, 0.25) is 0 Å². The number of amides is 3. The molecule has 0 spiro atoms. The molecule has 3 rings (SSSR count). The second kappa shape index (κ2) is 7.40. The SMILES string of the molecule is C[C@@H](OC(=O)c1c(Cl)nc2sccn12)C(=O)NC(=O)NC1CCCC1. The van der Waals surface area contributed by atoms with Crippen molar-refractivity contribution >= 4 is 45.8 Å². The largest absolute Gasteiger partial charge is 0.448 e. The van der Waals surface area contributed by atoms with Gasteiger partial charge < -0.3 is 10.1 Å². The number of carbonyl (C=O) groups excluding carboxylic acids is 3. The van der Waals surface area contributed by atoms with Gasteiger partial charge in [-0.15, -0.1) is 11.3 Å². The van der Waals surface area contributed by atoms with E-state index in [-0.39, 0.29) is 16.9 Å². The van der Waals surface area contributed by atoms with Gasteiger partial charge in [0.1, 0.15) is 0 Å². The Morgan fingerprint density at radius 3 is 2.84 bits per heavy atom. The van der Waals surface area contributed by atoms with Crippen molar-refractivity contribution in [3.05, 3.63) is 22.4 Å². The first kappa shape index (κ1) is 17.7. The van der Waals surface area contributed by atoms with E-state index in [0.29, 0.717) is 4.96 Å². The molecule has 0 unspecified atom stereocenters. The number of rotatable bonds is 4. The standard InChI is InChI=1S/C15H17ClN4O4S/c1-8(12(21)19-14(23)17-9-4-2-3-5-9)24-13(22)10-11(16)18-15-20(10)6-7-25-15/h6-9H,2-5H2,1H3,(H2,17,19,21,23)/t8-/m1/s1. The van der Waals surface area contributed by atoms with Crippen LogP contribution in [0.1, 0.15) is 43.1 Å². The molecule has 1 aliphatic rings. The summed E-state index contributed by atoms with van der Waals surface area (Å²) in [5.41, 5.74) is 0.0490. The average Bonchev–Trinajstić information content (AvgIpc) is 3.24. The molecule has 25 heavy (non-hydrogen) atoms. The zero-order valence-electron chi connectivity index (χ0n) is 13.5. The minimum absolute atomic E-state index is 0.00318. The van der Waals surface area contributed by atoms with Crippen LogP contribution in [-0.2, 0) is 9.53 Å². The molecular weight excluding hydrogens is 368 g/mol. The molecule has 1 aliphatic carbocycles. The summed E-state index contributed by atoms with van der Waals surface area (Å²) in [6, 6.07) is -0.495. The van der Waals surface area contributed by atoms with E-state index in [1.165, 1.54) is 22.7 Å². The van der Waals surface area contributed by atoms with E-state index < -0.39 is 24.0 Å². The van der Waals surface area contributed by atoms with E-state index in [1.807, 2.05) is 0 Å². The Bertz CT molecular complexity index is 812. The Labute approximate surface area is 152 Å². The number of urea groups is 1. The normalized spacial score (nSPS) is 15.9. The number of thiazole rings is 1. The lowest BCUT2D eigenvalue weighted by atomic mass is 10.2. The highest BCUT2D eigenvalue weighted by Crippen LogP contribution is 2.22. The third-order valence-corrected chi connectivity index (χ3v) is 5.01. The lowest BCUT2D eigenvalue weighted by Crippen LogP contribution is -2.47. The predicted octanol–water partition coefficient (Wildman–Crippen LogP) is 2.36. The van der Waals surface area contributed by atoms with Crippen LogP contribution in [0.3, 0.4) is 0 Å². The number of nitrogens with zero attached hydrogens (tertiary/aromatic N) is 2. The van der Waals surface area contributed by atoms with Crippen molar-refractivity contribution in [3.8, 4) is 0 Å². The van der Waals surface area contributed by atoms with Crippen molar-refractivity contribution in [2.45, 2.75) is 44.8 Å². The van der Waals surface area contributed by atoms with Crippen molar-refractivity contribution in [1.82, 2.24) is 20.0 Å². The molecule has 2 N–H and O–H groups in total. The molecule has 2 aromatic heterocycles. The molecule has 8 nitrogen and oxygen atoms in total. The van der Waals surface area contributed by atoms with E-state index in [2.05, 4.69) is 15.6 Å². The summed E-state index contributed by atoms with van der Waals surface area (Å²) in [4.78, 5) is 40.7. The van der Waals surface area contributed by atoms with Crippen molar-refractivity contribution < 1.29 is 19.1 Å². The van der Waals surface area contributed by atoms with Gasteiger partial charge in [0.05, 0.1) is 0 Å². The predicted molar refractivity (Wildman–Crippen MR) is 91.9 cm³/mol. The number of carbonyl (C=O) groups is 3. The minimum atomic E-state index is -1.15. The molecule has 2 heterocycles. The lowest BCUT2D eigenvalue weighted by Gasteiger charge is -2.15. The first-order chi connectivity index (χ1) is 12.0. The van der Waals surface area contributed by atoms with Crippen molar-refractivity contribution in [3.63, 3.8) is 0 Å². The molecule has 0 radical (unpaired) electrons. The molecule has 3 amide bonds. The number of fused-ring (bicyclic) bond motifs is 1. The topological polar surface area (TPSA) is 102 Å². The molecular formula is C15H17ClN4O4S. The summed E-state index contributed by atoms with van der Waals surface area (Å²) < 4.78 is 6.61. The van der Waals surface area contributed by atoms with Crippen LogP contribution in [0.15, 0.2) is 11.6 Å². The Morgan fingerprint density at radius 1 is 1.40 bits per heavy atom. The van der Waals surface area contributed by atoms with E-state index in [4.69, 9.17) is 16.3 Å². The zero-order chi connectivity index (χ0) is 18.0. The number of nitrogens with one attached hydrogen (secondary N) is 2. The van der Waals surface area contributed by atoms with Gasteiger partial charge in [-0.05, 0) is 19.8 Å². The van der Waals surface area contributed by atoms with Gasteiger partial charge in [0.15, 0.2) is 21.9 Å². The maximum atomic E-state index is 12.3. The Kier molecular flexibility index (Phi) is 5.24. The Hall–Kier alpha value is -2.13. The van der Waals surface area contributed by atoms with Gasteiger partial charge in [0, 0.05) is 17.6 Å². The highest BCUT2D eigenvalue weighted by Gasteiger charge is 2.26. The highest BCUT2D eigenvalue weighted by molar-refractivity contribution is 7.15. The molecule has 0 bridgehead atoms. The van der Waals surface area contributed by atoms with Crippen LogP contribution in [0.4, 0.5) is 4.79 Å². The van der Waals surface area contributed by atoms with E-state index in [1.54, 1.807) is 11.6 Å². The second-order valence-electron chi connectivity index (χ2n) is 5.80. The van der Waals surface area contributed by atoms with Crippen LogP contribution < -0.4 is 10.6 Å². The summed E-state index contributed by atoms with van der Waals surface area (Å²) >= 11 is 7.27. The minimum Gasteiger partial charge on any atom is -0.448 e. The van der Waals surface area contributed by atoms with Gasteiger partial charge in [-0.1, -0.05) is 24.4 Å². The van der Waals surface area contributed by atoms with Crippen LogP contribution in [-0.4, -0.2) is 39.4 Å². The van der Waals surface area contributed by atoms with Gasteiger partial charge >= 0.3 is 12.0 Å². The van der Waals surface area contributed by atoms with Crippen molar-refractivity contribution in [2.75, 3.05) is 0 Å². The molecule has 10 heteroatoms. The Balaban J connectivity index is 1.57. The van der Waals surface area contributed by atoms with Gasteiger partial charge in [-0.25, -0.2) is 14.6 Å². The van der Waals surface area contributed by atoms with Crippen LogP contribution in [0.25, 0.3) is 4.96 Å². The number of aromatic nitrogens is 2. The summed E-state index contributed by atoms with van der Waals surface area (Å²) in [6.07, 6.45) is 4.42. The number of halogens is 1. The van der Waals surface area contributed by atoms with Crippen molar-refractivity contribution in [2.24, 2.45) is 0 Å². The smallest absolute Gasteiger partial charge is 0.359 e. The van der Waals surface area contributed by atoms with E-state index in [9.17, 15) is 14.4 Å². The summed E-state index contributed by atoms with van der Waals surface area (Å²) in [7, 11) is 0. The molecule has 0 saturated heterocycles. The molecule has 1 fully saturated rings. The molecule has 0 aliphatic heterocycles. The third kappa shape index (κ3) is 3.93. The van der Waals surface area contributed by atoms with Crippen LogP contribution in [0.2, 0.25) is 5.15 Å². The van der Waals surface area contributed by atoms with Crippen LogP contribution in [0.5, 0.6) is 0 Å². The lowest BCUT2D eigenvalue weighted by molar-refractivity contribution is -0.127. The number of imide groups is 1. The molecule has 2 aromatic rings. The van der Waals surface area contributed by atoms with E-state index in [0.717, 1.165) is 25.7 Å². The molecule has 0 aromatic carbocycles. The number of hydrogen-bond donors (Lipinski definition) is 2. The first-order valence-electron chi connectivity index (χ1n) is 7.89. The Morgan fingerprint density at radius 2 is 2.12 bits per heavy atom. The fraction of sp³-hybridized carbons (Fsp3) is 0.467. The quantitative estimate of drug-likeness (QED) is 0.788. The van der Waals surface area contributed by atoms with Gasteiger partial charge in [-0.3, -0.25) is 14.5 Å². The average molecular weight is 385 g/mol.